The van der Waals surface area contributed by atoms with Crippen LogP contribution in [0.3, 0.4) is 0 Å². The number of aryl methyl sites for hydroxylation is 2. The molecule has 0 saturated carbocycles. The fourth-order valence-electron chi connectivity index (χ4n) is 3.32. The summed E-state index contributed by atoms with van der Waals surface area (Å²) in [6.45, 7) is 6.87. The molecule has 122 valence electrons. The van der Waals surface area contributed by atoms with Gasteiger partial charge in [-0.05, 0) is 56.8 Å². The molecule has 1 fully saturated rings. The molecule has 1 saturated heterocycles. The van der Waals surface area contributed by atoms with Crippen molar-refractivity contribution in [1.29, 1.82) is 0 Å². The van der Waals surface area contributed by atoms with Crippen molar-refractivity contribution >= 4 is 5.97 Å². The van der Waals surface area contributed by atoms with Crippen LogP contribution in [-0.4, -0.2) is 34.2 Å². The van der Waals surface area contributed by atoms with Crippen molar-refractivity contribution in [2.75, 3.05) is 13.1 Å². The Balaban J connectivity index is 1.69. The lowest BCUT2D eigenvalue weighted by Gasteiger charge is -2.33. The Bertz CT molecular complexity index is 671. The van der Waals surface area contributed by atoms with E-state index in [1.54, 1.807) is 12.1 Å². The molecule has 0 amide bonds. The first-order valence-electron chi connectivity index (χ1n) is 8.02. The molecule has 23 heavy (non-hydrogen) atoms. The fraction of sp³-hybridized carbons (Fsp3) is 0.444. The van der Waals surface area contributed by atoms with Crippen molar-refractivity contribution in [3.63, 3.8) is 0 Å². The van der Waals surface area contributed by atoms with Gasteiger partial charge in [0.25, 0.3) is 0 Å². The first kappa shape index (κ1) is 15.7. The molecule has 0 aliphatic carbocycles. The molecule has 1 atom stereocenters. The summed E-state index contributed by atoms with van der Waals surface area (Å²) in [5.41, 5.74) is 3.72. The number of likely N-dealkylation sites (tertiary alicyclic amines) is 1. The second-order valence-electron chi connectivity index (χ2n) is 6.30. The van der Waals surface area contributed by atoms with E-state index in [4.69, 9.17) is 9.63 Å². The summed E-state index contributed by atoms with van der Waals surface area (Å²) in [6.07, 6.45) is 2.29. The summed E-state index contributed by atoms with van der Waals surface area (Å²) in [5.74, 6) is 0.475. The van der Waals surface area contributed by atoms with Crippen LogP contribution in [0.1, 0.15) is 51.7 Å². The summed E-state index contributed by atoms with van der Waals surface area (Å²) < 4.78 is 5.25. The molecule has 1 aromatic heterocycles. The van der Waals surface area contributed by atoms with Crippen LogP contribution >= 0.6 is 0 Å². The number of rotatable bonds is 4. The second-order valence-corrected chi connectivity index (χ2v) is 6.30. The quantitative estimate of drug-likeness (QED) is 0.937. The minimum atomic E-state index is -0.875. The number of carbonyl (C=O) groups is 1. The number of carboxylic acid groups (broad SMARTS) is 1. The molecule has 2 heterocycles. The number of carboxylic acids is 1. The standard InChI is InChI=1S/C18H22N2O3/c1-12-17(13(2)23-19-12)11-20-9-3-4-16(10-20)14-5-7-15(8-6-14)18(21)22/h5-8,16H,3-4,9-11H2,1-2H3,(H,21,22). The molecule has 5 nitrogen and oxygen atoms in total. The van der Waals surface area contributed by atoms with Gasteiger partial charge in [-0.3, -0.25) is 4.90 Å². The summed E-state index contributed by atoms with van der Waals surface area (Å²) in [5, 5.41) is 13.0. The zero-order valence-corrected chi connectivity index (χ0v) is 13.6. The van der Waals surface area contributed by atoms with Gasteiger partial charge in [0, 0.05) is 18.7 Å². The highest BCUT2D eigenvalue weighted by Crippen LogP contribution is 2.28. The maximum Gasteiger partial charge on any atom is 0.335 e. The van der Waals surface area contributed by atoms with Gasteiger partial charge in [-0.2, -0.15) is 0 Å². The third-order valence-electron chi connectivity index (χ3n) is 4.70. The van der Waals surface area contributed by atoms with E-state index in [1.165, 1.54) is 11.1 Å². The SMILES string of the molecule is Cc1noc(C)c1CN1CCCC(c2ccc(C(=O)O)cc2)C1. The number of hydrogen-bond acceptors (Lipinski definition) is 4. The van der Waals surface area contributed by atoms with E-state index in [9.17, 15) is 4.79 Å². The van der Waals surface area contributed by atoms with Gasteiger partial charge in [0.2, 0.25) is 0 Å². The van der Waals surface area contributed by atoms with E-state index in [-0.39, 0.29) is 0 Å². The van der Waals surface area contributed by atoms with Crippen molar-refractivity contribution in [3.05, 3.63) is 52.4 Å². The zero-order valence-electron chi connectivity index (χ0n) is 13.6. The van der Waals surface area contributed by atoms with Gasteiger partial charge in [0.05, 0.1) is 11.3 Å². The largest absolute Gasteiger partial charge is 0.478 e. The second kappa shape index (κ2) is 6.54. The van der Waals surface area contributed by atoms with Gasteiger partial charge in [-0.15, -0.1) is 0 Å². The molecule has 0 radical (unpaired) electrons. The van der Waals surface area contributed by atoms with Gasteiger partial charge in [0.15, 0.2) is 0 Å². The number of aromatic carboxylic acids is 1. The van der Waals surface area contributed by atoms with E-state index in [1.807, 2.05) is 26.0 Å². The maximum absolute atomic E-state index is 11.0. The summed E-state index contributed by atoms with van der Waals surface area (Å²) >= 11 is 0. The molecule has 1 aromatic carbocycles. The Morgan fingerprint density at radius 1 is 1.35 bits per heavy atom. The van der Waals surface area contributed by atoms with Crippen LogP contribution in [0.15, 0.2) is 28.8 Å². The Kier molecular flexibility index (Phi) is 4.48. The minimum absolute atomic E-state index is 0.345. The lowest BCUT2D eigenvalue weighted by Crippen LogP contribution is -2.34. The van der Waals surface area contributed by atoms with Crippen molar-refractivity contribution < 1.29 is 14.4 Å². The summed E-state index contributed by atoms with van der Waals surface area (Å²) in [7, 11) is 0. The first-order valence-corrected chi connectivity index (χ1v) is 8.02. The van der Waals surface area contributed by atoms with E-state index in [0.717, 1.165) is 43.9 Å². The van der Waals surface area contributed by atoms with Crippen LogP contribution < -0.4 is 0 Å². The van der Waals surface area contributed by atoms with Crippen molar-refractivity contribution in [2.24, 2.45) is 0 Å². The van der Waals surface area contributed by atoms with Crippen LogP contribution in [0.2, 0.25) is 0 Å². The Labute approximate surface area is 135 Å². The third-order valence-corrected chi connectivity index (χ3v) is 4.70. The zero-order chi connectivity index (χ0) is 16.4. The Morgan fingerprint density at radius 3 is 2.70 bits per heavy atom. The molecule has 1 aliphatic rings. The van der Waals surface area contributed by atoms with E-state index < -0.39 is 5.97 Å². The third kappa shape index (κ3) is 3.45. The van der Waals surface area contributed by atoms with Crippen molar-refractivity contribution in [2.45, 2.75) is 39.2 Å². The molecule has 3 rings (SSSR count). The number of piperidine rings is 1. The van der Waals surface area contributed by atoms with Crippen LogP contribution in [0.4, 0.5) is 0 Å². The molecular formula is C18H22N2O3. The number of hydrogen-bond donors (Lipinski definition) is 1. The van der Waals surface area contributed by atoms with Gasteiger partial charge >= 0.3 is 5.97 Å². The molecule has 5 heteroatoms. The van der Waals surface area contributed by atoms with Crippen LogP contribution in [0, 0.1) is 13.8 Å². The van der Waals surface area contributed by atoms with Gasteiger partial charge in [-0.25, -0.2) is 4.79 Å². The minimum Gasteiger partial charge on any atom is -0.478 e. The smallest absolute Gasteiger partial charge is 0.335 e. The fourth-order valence-corrected chi connectivity index (χ4v) is 3.32. The highest BCUT2D eigenvalue weighted by atomic mass is 16.5. The topological polar surface area (TPSA) is 66.6 Å². The predicted octanol–water partition coefficient (Wildman–Crippen LogP) is 3.37. The predicted molar refractivity (Wildman–Crippen MR) is 86.6 cm³/mol. The van der Waals surface area contributed by atoms with Crippen LogP contribution in [0.25, 0.3) is 0 Å². The molecule has 2 aromatic rings. The Hall–Kier alpha value is -2.14. The van der Waals surface area contributed by atoms with E-state index in [2.05, 4.69) is 10.1 Å². The number of benzene rings is 1. The van der Waals surface area contributed by atoms with Crippen molar-refractivity contribution in [3.8, 4) is 0 Å². The lowest BCUT2D eigenvalue weighted by atomic mass is 9.90. The van der Waals surface area contributed by atoms with Crippen LogP contribution in [-0.2, 0) is 6.54 Å². The molecule has 0 bridgehead atoms. The molecular weight excluding hydrogens is 292 g/mol. The monoisotopic (exact) mass is 314 g/mol. The Morgan fingerprint density at radius 2 is 2.09 bits per heavy atom. The number of nitrogens with zero attached hydrogens (tertiary/aromatic N) is 2. The van der Waals surface area contributed by atoms with Gasteiger partial charge in [-0.1, -0.05) is 17.3 Å². The summed E-state index contributed by atoms with van der Waals surface area (Å²) in [6, 6.07) is 7.30. The van der Waals surface area contributed by atoms with Crippen molar-refractivity contribution in [1.82, 2.24) is 10.1 Å². The maximum atomic E-state index is 11.0. The first-order chi connectivity index (χ1) is 11.0. The number of aromatic nitrogens is 1. The normalized spacial score (nSPS) is 19.0. The molecule has 1 unspecified atom stereocenters. The van der Waals surface area contributed by atoms with Gasteiger partial charge in [0.1, 0.15) is 5.76 Å². The average Bonchev–Trinajstić information content (AvgIpc) is 2.87. The molecule has 0 spiro atoms. The lowest BCUT2D eigenvalue weighted by molar-refractivity contribution is 0.0697. The summed E-state index contributed by atoms with van der Waals surface area (Å²) in [4.78, 5) is 13.4. The van der Waals surface area contributed by atoms with Gasteiger partial charge < -0.3 is 9.63 Å². The highest BCUT2D eigenvalue weighted by molar-refractivity contribution is 5.87. The average molecular weight is 314 g/mol. The van der Waals surface area contributed by atoms with E-state index in [0.29, 0.717) is 11.5 Å². The van der Waals surface area contributed by atoms with Crippen LogP contribution in [0.5, 0.6) is 0 Å². The highest BCUT2D eigenvalue weighted by Gasteiger charge is 2.23. The molecule has 1 N–H and O–H groups in total. The van der Waals surface area contributed by atoms with E-state index >= 15 is 0 Å². The molecule has 1 aliphatic heterocycles.